The minimum Gasteiger partial charge on any atom is -0.425 e. The molecule has 4 aliphatic carbocycles. The Balaban J connectivity index is 1.28. The van der Waals surface area contributed by atoms with Gasteiger partial charge in [-0.2, -0.15) is 0 Å². The number of fused-ring (bicyclic) bond motifs is 1. The lowest BCUT2D eigenvalue weighted by Crippen LogP contribution is -2.35. The Bertz CT molecular complexity index is 1100. The van der Waals surface area contributed by atoms with Crippen LogP contribution in [-0.2, 0) is 11.8 Å². The molecule has 1 aromatic rings. The van der Waals surface area contributed by atoms with Crippen molar-refractivity contribution in [1.29, 1.82) is 0 Å². The number of hydrogen-bond acceptors (Lipinski definition) is 6. The second-order valence-electron chi connectivity index (χ2n) is 12.4. The fraction of sp³-hybridized carbons (Fsp3) is 0.677. The Morgan fingerprint density at radius 1 is 1.14 bits per heavy atom. The third kappa shape index (κ3) is 4.93. The van der Waals surface area contributed by atoms with Crippen molar-refractivity contribution in [2.45, 2.75) is 109 Å². The number of rotatable bonds is 7. The first kappa shape index (κ1) is 26.6. The first-order valence-electron chi connectivity index (χ1n) is 14.3. The number of nitrogens with zero attached hydrogens (tertiary/aromatic N) is 2. The lowest BCUT2D eigenvalue weighted by Gasteiger charge is -2.44. The highest BCUT2D eigenvalue weighted by Gasteiger charge is 2.54. The zero-order valence-electron chi connectivity index (χ0n) is 22.7. The van der Waals surface area contributed by atoms with Crippen LogP contribution in [0.5, 0.6) is 0 Å². The summed E-state index contributed by atoms with van der Waals surface area (Å²) < 4.78 is 5.81. The average molecular weight is 509 g/mol. The maximum absolute atomic E-state index is 11.1. The van der Waals surface area contributed by atoms with Gasteiger partial charge in [0.15, 0.2) is 0 Å². The molecule has 1 heterocycles. The maximum Gasteiger partial charge on any atom is 0.225 e. The van der Waals surface area contributed by atoms with Crippen LogP contribution in [0, 0.1) is 23.2 Å². The van der Waals surface area contributed by atoms with Crippen molar-refractivity contribution in [3.05, 3.63) is 59.4 Å². The number of aryl methyl sites for hydroxylation is 1. The van der Waals surface area contributed by atoms with E-state index in [1.54, 1.807) is 0 Å². The quantitative estimate of drug-likeness (QED) is 0.429. The molecule has 0 spiro atoms. The molecule has 202 valence electrons. The van der Waals surface area contributed by atoms with Gasteiger partial charge in [-0.25, -0.2) is 0 Å². The summed E-state index contributed by atoms with van der Waals surface area (Å²) in [6.07, 6.45) is 16.2. The smallest absolute Gasteiger partial charge is 0.225 e. The van der Waals surface area contributed by atoms with Gasteiger partial charge in [0.2, 0.25) is 11.8 Å². The fourth-order valence-corrected chi connectivity index (χ4v) is 7.58. The van der Waals surface area contributed by atoms with E-state index < -0.39 is 23.7 Å². The van der Waals surface area contributed by atoms with E-state index in [4.69, 9.17) is 4.42 Å². The molecule has 6 heteroatoms. The van der Waals surface area contributed by atoms with Gasteiger partial charge in [-0.05, 0) is 85.7 Å². The van der Waals surface area contributed by atoms with Crippen LogP contribution >= 0.6 is 0 Å². The minimum absolute atomic E-state index is 0.236. The van der Waals surface area contributed by atoms with E-state index in [0.717, 1.165) is 30.4 Å². The van der Waals surface area contributed by atoms with Crippen molar-refractivity contribution in [2.24, 2.45) is 23.2 Å². The van der Waals surface area contributed by atoms with Gasteiger partial charge < -0.3 is 19.7 Å². The molecule has 0 bridgehead atoms. The molecule has 37 heavy (non-hydrogen) atoms. The monoisotopic (exact) mass is 508 g/mol. The molecule has 1 aromatic heterocycles. The Kier molecular flexibility index (Phi) is 7.38. The number of aliphatic hydroxyl groups is 3. The zero-order valence-corrected chi connectivity index (χ0v) is 22.7. The van der Waals surface area contributed by atoms with Gasteiger partial charge in [0.05, 0.1) is 23.7 Å². The van der Waals surface area contributed by atoms with Crippen LogP contribution in [0.3, 0.4) is 0 Å². The number of hydrogen-bond donors (Lipinski definition) is 3. The number of aromatic nitrogens is 2. The summed E-state index contributed by atoms with van der Waals surface area (Å²) in [7, 11) is 0. The molecule has 0 radical (unpaired) electrons. The molecular weight excluding hydrogens is 464 g/mol. The third-order valence-electron chi connectivity index (χ3n) is 10.1. The molecule has 3 N–H and O–H groups in total. The molecule has 4 saturated carbocycles. The topological polar surface area (TPSA) is 99.6 Å². The fourth-order valence-electron chi connectivity index (χ4n) is 7.58. The minimum atomic E-state index is -0.646. The highest BCUT2D eigenvalue weighted by Crippen LogP contribution is 2.59. The molecule has 5 rings (SSSR count). The molecule has 4 aliphatic rings. The van der Waals surface area contributed by atoms with Crippen LogP contribution < -0.4 is 0 Å². The highest BCUT2D eigenvalue weighted by molar-refractivity contribution is 5.38. The SMILES string of the molecule is C=C1C(=CC=C2CCC[C@]3(C)[C@@H]([C@H](C)C=C[C@H](O)C4(c5nnc(CC)o5)CC4)CC[C@@H]23)C[C@@H](O)C[C@@H]1O. The van der Waals surface area contributed by atoms with E-state index in [9.17, 15) is 15.3 Å². The molecule has 0 aromatic carbocycles. The number of allylic oxidation sites excluding steroid dienone is 4. The van der Waals surface area contributed by atoms with E-state index in [0.29, 0.717) is 48.8 Å². The summed E-state index contributed by atoms with van der Waals surface area (Å²) in [5, 5.41) is 39.7. The van der Waals surface area contributed by atoms with E-state index in [-0.39, 0.29) is 5.41 Å². The molecule has 0 saturated heterocycles. The van der Waals surface area contributed by atoms with Crippen molar-refractivity contribution in [3.63, 3.8) is 0 Å². The molecule has 7 atom stereocenters. The second kappa shape index (κ2) is 10.3. The summed E-state index contributed by atoms with van der Waals surface area (Å²) in [4.78, 5) is 0. The van der Waals surface area contributed by atoms with Crippen LogP contribution in [-0.4, -0.2) is 43.8 Å². The van der Waals surface area contributed by atoms with Gasteiger partial charge >= 0.3 is 0 Å². The molecule has 6 nitrogen and oxygen atoms in total. The Morgan fingerprint density at radius 2 is 1.92 bits per heavy atom. The Labute approximate surface area is 221 Å². The van der Waals surface area contributed by atoms with Crippen LogP contribution in [0.4, 0.5) is 0 Å². The second-order valence-corrected chi connectivity index (χ2v) is 12.4. The lowest BCUT2D eigenvalue weighted by molar-refractivity contribution is 0.0862. The van der Waals surface area contributed by atoms with Gasteiger partial charge in [0.1, 0.15) is 0 Å². The summed E-state index contributed by atoms with van der Waals surface area (Å²) in [6.45, 7) is 10.8. The first-order valence-corrected chi connectivity index (χ1v) is 14.3. The van der Waals surface area contributed by atoms with E-state index in [2.05, 4.69) is 48.9 Å². The Morgan fingerprint density at radius 3 is 2.62 bits per heavy atom. The first-order chi connectivity index (χ1) is 17.7. The van der Waals surface area contributed by atoms with Crippen LogP contribution in [0.15, 0.2) is 52.0 Å². The van der Waals surface area contributed by atoms with Gasteiger partial charge in [-0.15, -0.1) is 10.2 Å². The molecule has 0 amide bonds. The normalized spacial score (nSPS) is 37.3. The van der Waals surface area contributed by atoms with Crippen molar-refractivity contribution in [1.82, 2.24) is 10.2 Å². The van der Waals surface area contributed by atoms with Gasteiger partial charge in [-0.3, -0.25) is 0 Å². The standard InChI is InChI=1S/C31H44N2O4/c1-5-28-32-33-29(37-28)31(15-16-31)27(36)13-8-19(2)24-11-12-25-21(7-6-14-30(24,25)4)9-10-22-17-23(34)18-26(35)20(22)3/h8-10,13,19,23-27,34-36H,3,5-7,11-12,14-18H2,1-2,4H3/t19-,23-,24-,25+,26+,27+,30-/m1/s1. The van der Waals surface area contributed by atoms with Crippen molar-refractivity contribution < 1.29 is 19.7 Å². The average Bonchev–Trinajstić information content (AvgIpc) is 3.39. The zero-order chi connectivity index (χ0) is 26.4. The van der Waals surface area contributed by atoms with Crippen molar-refractivity contribution in [2.75, 3.05) is 0 Å². The van der Waals surface area contributed by atoms with E-state index in [1.807, 2.05) is 13.0 Å². The largest absolute Gasteiger partial charge is 0.425 e. The molecular formula is C31H44N2O4. The predicted octanol–water partition coefficient (Wildman–Crippen LogP) is 5.36. The molecule has 4 fully saturated rings. The predicted molar refractivity (Wildman–Crippen MR) is 144 cm³/mol. The van der Waals surface area contributed by atoms with Crippen LogP contribution in [0.1, 0.15) is 90.3 Å². The summed E-state index contributed by atoms with van der Waals surface area (Å²) in [5.74, 6) is 2.70. The van der Waals surface area contributed by atoms with E-state index >= 15 is 0 Å². The van der Waals surface area contributed by atoms with Gasteiger partial charge in [0.25, 0.3) is 0 Å². The maximum atomic E-state index is 11.1. The van der Waals surface area contributed by atoms with Crippen molar-refractivity contribution >= 4 is 0 Å². The van der Waals surface area contributed by atoms with Crippen LogP contribution in [0.2, 0.25) is 0 Å². The highest BCUT2D eigenvalue weighted by atomic mass is 16.4. The van der Waals surface area contributed by atoms with Gasteiger partial charge in [-0.1, -0.05) is 57.2 Å². The summed E-state index contributed by atoms with van der Waals surface area (Å²) in [5.41, 5.74) is 3.06. The number of aliphatic hydroxyl groups excluding tert-OH is 3. The third-order valence-corrected chi connectivity index (χ3v) is 10.1. The Hall–Kier alpha value is -2.02. The van der Waals surface area contributed by atoms with Crippen molar-refractivity contribution in [3.8, 4) is 0 Å². The van der Waals surface area contributed by atoms with E-state index in [1.165, 1.54) is 31.3 Å². The summed E-state index contributed by atoms with van der Waals surface area (Å²) in [6, 6.07) is 0. The molecule has 0 unspecified atom stereocenters. The van der Waals surface area contributed by atoms with Gasteiger partial charge in [0, 0.05) is 12.8 Å². The lowest BCUT2D eigenvalue weighted by atomic mass is 9.61. The molecule has 0 aliphatic heterocycles. The summed E-state index contributed by atoms with van der Waals surface area (Å²) >= 11 is 0. The van der Waals surface area contributed by atoms with Crippen LogP contribution in [0.25, 0.3) is 0 Å².